The number of likely N-dealkylation sites (tertiary alicyclic amines) is 1. The topological polar surface area (TPSA) is 99.6 Å². The van der Waals surface area contributed by atoms with Crippen LogP contribution in [-0.4, -0.2) is 96.7 Å². The molecule has 2 saturated heterocycles. The van der Waals surface area contributed by atoms with Crippen LogP contribution in [0.1, 0.15) is 24.8 Å². The predicted octanol–water partition coefficient (Wildman–Crippen LogP) is 1.06. The van der Waals surface area contributed by atoms with Gasteiger partial charge in [0.1, 0.15) is 25.5 Å². The molecular weight excluding hydrogens is 450 g/mol. The summed E-state index contributed by atoms with van der Waals surface area (Å²) in [6, 6.07) is 7.51. The molecule has 3 heterocycles. The van der Waals surface area contributed by atoms with E-state index in [-0.39, 0.29) is 49.3 Å². The first-order valence-electron chi connectivity index (χ1n) is 12.3. The fourth-order valence-electron chi connectivity index (χ4n) is 5.11. The van der Waals surface area contributed by atoms with E-state index in [1.54, 1.807) is 9.80 Å². The lowest BCUT2D eigenvalue weighted by molar-refractivity contribution is -0.144. The van der Waals surface area contributed by atoms with Crippen molar-refractivity contribution in [3.63, 3.8) is 0 Å². The Bertz CT molecular complexity index is 951. The second kappa shape index (κ2) is 11.7. The van der Waals surface area contributed by atoms with Crippen molar-refractivity contribution in [1.29, 1.82) is 0 Å². The number of hydrogen-bond acceptors (Lipinski definition) is 6. The number of fused-ring (bicyclic) bond motifs is 3. The lowest BCUT2D eigenvalue weighted by Crippen LogP contribution is -2.49. The summed E-state index contributed by atoms with van der Waals surface area (Å²) < 4.78 is 11.1. The lowest BCUT2D eigenvalue weighted by atomic mass is 9.82. The maximum Gasteiger partial charge on any atom is 0.249 e. The van der Waals surface area contributed by atoms with Gasteiger partial charge < -0.3 is 29.3 Å². The van der Waals surface area contributed by atoms with Crippen LogP contribution in [0.5, 0.6) is 5.75 Å². The molecule has 4 rings (SSSR count). The zero-order valence-corrected chi connectivity index (χ0v) is 20.3. The van der Waals surface area contributed by atoms with Crippen molar-refractivity contribution in [2.45, 2.75) is 31.9 Å². The number of carbonyl (C=O) groups excluding carboxylic acids is 3. The monoisotopic (exact) mass is 485 g/mol. The van der Waals surface area contributed by atoms with E-state index in [1.165, 1.54) is 12.0 Å². The van der Waals surface area contributed by atoms with Crippen molar-refractivity contribution in [1.82, 2.24) is 14.7 Å². The molecule has 2 fully saturated rings. The molecule has 1 N–H and O–H groups in total. The van der Waals surface area contributed by atoms with Gasteiger partial charge in [0.25, 0.3) is 0 Å². The van der Waals surface area contributed by atoms with Crippen molar-refractivity contribution in [3.8, 4) is 5.75 Å². The molecule has 1 aromatic carbocycles. The van der Waals surface area contributed by atoms with Crippen molar-refractivity contribution in [3.05, 3.63) is 42.0 Å². The van der Waals surface area contributed by atoms with E-state index in [0.29, 0.717) is 57.8 Å². The van der Waals surface area contributed by atoms with Gasteiger partial charge in [-0.25, -0.2) is 0 Å². The summed E-state index contributed by atoms with van der Waals surface area (Å²) in [5, 5.41) is 9.79. The van der Waals surface area contributed by atoms with Gasteiger partial charge in [0, 0.05) is 51.8 Å². The van der Waals surface area contributed by atoms with E-state index in [4.69, 9.17) is 9.47 Å². The Morgan fingerprint density at radius 3 is 2.69 bits per heavy atom. The molecule has 35 heavy (non-hydrogen) atoms. The highest BCUT2D eigenvalue weighted by Crippen LogP contribution is 2.30. The van der Waals surface area contributed by atoms with Crippen LogP contribution >= 0.6 is 0 Å². The number of nitrogens with zero attached hydrogens (tertiary/aromatic N) is 3. The van der Waals surface area contributed by atoms with Gasteiger partial charge in [-0.2, -0.15) is 0 Å². The van der Waals surface area contributed by atoms with Crippen LogP contribution in [0, 0.1) is 11.8 Å². The van der Waals surface area contributed by atoms with Gasteiger partial charge in [-0.05, 0) is 30.7 Å². The minimum absolute atomic E-state index is 0.00639. The molecule has 0 aromatic heterocycles. The molecule has 3 aliphatic rings. The Hall–Kier alpha value is -2.91. The van der Waals surface area contributed by atoms with Crippen molar-refractivity contribution in [2.24, 2.45) is 11.8 Å². The first-order chi connectivity index (χ1) is 16.9. The fourth-order valence-corrected chi connectivity index (χ4v) is 5.11. The maximum absolute atomic E-state index is 13.3. The standard InChI is InChI=1S/C26H35N3O6/c1-34-18-26(33)29-15-21-5-2-3-7-23(21)35-12-4-6-20-14-27(25(32)17-29)10-8-19(20)13-24(31)28-11-9-22(30)16-28/h2-7,19-20,22,30H,8-18H2,1H3/t19-,20-,22+/m0/s1. The Kier molecular flexibility index (Phi) is 8.41. The normalized spacial score (nSPS) is 25.3. The summed E-state index contributed by atoms with van der Waals surface area (Å²) in [4.78, 5) is 43.9. The summed E-state index contributed by atoms with van der Waals surface area (Å²) in [6.45, 7) is 2.50. The number of aliphatic hydroxyl groups excluding tert-OH is 1. The first kappa shape index (κ1) is 25.2. The van der Waals surface area contributed by atoms with Gasteiger partial charge in [0.2, 0.25) is 17.7 Å². The van der Waals surface area contributed by atoms with Gasteiger partial charge in [0.05, 0.1) is 6.10 Å². The van der Waals surface area contributed by atoms with Crippen LogP contribution < -0.4 is 4.74 Å². The number of hydrogen-bond donors (Lipinski definition) is 1. The average molecular weight is 486 g/mol. The number of methoxy groups -OCH3 is 1. The van der Waals surface area contributed by atoms with Crippen molar-refractivity contribution < 1.29 is 29.0 Å². The number of carbonyl (C=O) groups is 3. The number of benzene rings is 1. The Morgan fingerprint density at radius 2 is 1.91 bits per heavy atom. The largest absolute Gasteiger partial charge is 0.489 e. The Balaban J connectivity index is 1.53. The van der Waals surface area contributed by atoms with Crippen LogP contribution in [0.3, 0.4) is 0 Å². The number of para-hydroxylation sites is 1. The quantitative estimate of drug-likeness (QED) is 0.641. The van der Waals surface area contributed by atoms with Crippen LogP contribution in [0.2, 0.25) is 0 Å². The van der Waals surface area contributed by atoms with Gasteiger partial charge in [-0.1, -0.05) is 30.4 Å². The van der Waals surface area contributed by atoms with E-state index >= 15 is 0 Å². The second-order valence-electron chi connectivity index (χ2n) is 9.57. The van der Waals surface area contributed by atoms with Crippen LogP contribution in [0.15, 0.2) is 36.4 Å². The van der Waals surface area contributed by atoms with Gasteiger partial charge in [-0.15, -0.1) is 0 Å². The minimum atomic E-state index is -0.438. The molecule has 3 aliphatic heterocycles. The molecule has 0 spiro atoms. The summed E-state index contributed by atoms with van der Waals surface area (Å²) in [5.41, 5.74) is 0.826. The highest BCUT2D eigenvalue weighted by Gasteiger charge is 2.34. The fraction of sp³-hybridized carbons (Fsp3) is 0.577. The molecule has 0 unspecified atom stereocenters. The molecule has 0 radical (unpaired) electrons. The van der Waals surface area contributed by atoms with Crippen molar-refractivity contribution in [2.75, 3.05) is 53.0 Å². The zero-order valence-electron chi connectivity index (χ0n) is 20.3. The van der Waals surface area contributed by atoms with Gasteiger partial charge in [0.15, 0.2) is 0 Å². The van der Waals surface area contributed by atoms with Crippen LogP contribution in [-0.2, 0) is 25.7 Å². The zero-order chi connectivity index (χ0) is 24.8. The maximum atomic E-state index is 13.3. The number of aliphatic hydroxyl groups is 1. The Labute approximate surface area is 206 Å². The molecule has 0 saturated carbocycles. The summed E-state index contributed by atoms with van der Waals surface area (Å²) in [6.07, 6.45) is 5.30. The third-order valence-electron chi connectivity index (χ3n) is 7.11. The smallest absolute Gasteiger partial charge is 0.249 e. The summed E-state index contributed by atoms with van der Waals surface area (Å²) >= 11 is 0. The highest BCUT2D eigenvalue weighted by molar-refractivity contribution is 5.85. The number of piperidine rings is 1. The summed E-state index contributed by atoms with van der Waals surface area (Å²) in [7, 11) is 1.46. The number of β-amino-alcohol motifs (C(OH)–C–C–N with tert-alkyl or cyclic N) is 1. The molecule has 3 amide bonds. The molecule has 9 heteroatoms. The molecule has 0 aliphatic carbocycles. The molecule has 9 nitrogen and oxygen atoms in total. The Morgan fingerprint density at radius 1 is 1.09 bits per heavy atom. The SMILES string of the molecule is COCC(=O)N1CC(=O)N2CC[C@@H](CC(=O)N3CC[C@@H](O)C3)[C@@H](C=CCOc3ccccc3C1)C2. The van der Waals surface area contributed by atoms with Gasteiger partial charge >= 0.3 is 0 Å². The van der Waals surface area contributed by atoms with E-state index in [2.05, 4.69) is 6.08 Å². The second-order valence-corrected chi connectivity index (χ2v) is 9.57. The first-order valence-corrected chi connectivity index (χ1v) is 12.3. The van der Waals surface area contributed by atoms with Gasteiger partial charge in [-0.3, -0.25) is 14.4 Å². The number of rotatable bonds is 4. The minimum Gasteiger partial charge on any atom is -0.489 e. The highest BCUT2D eigenvalue weighted by atomic mass is 16.5. The lowest BCUT2D eigenvalue weighted by Gasteiger charge is -2.38. The van der Waals surface area contributed by atoms with E-state index in [9.17, 15) is 19.5 Å². The molecule has 1 aromatic rings. The summed E-state index contributed by atoms with van der Waals surface area (Å²) in [5.74, 6) is 0.466. The number of amides is 3. The number of ether oxygens (including phenoxy) is 2. The molecule has 3 atom stereocenters. The van der Waals surface area contributed by atoms with Crippen molar-refractivity contribution >= 4 is 17.7 Å². The van der Waals surface area contributed by atoms with E-state index < -0.39 is 6.10 Å². The third kappa shape index (κ3) is 6.41. The molecule has 190 valence electrons. The van der Waals surface area contributed by atoms with E-state index in [1.807, 2.05) is 30.3 Å². The third-order valence-corrected chi connectivity index (χ3v) is 7.11. The van der Waals surface area contributed by atoms with Crippen LogP contribution in [0.25, 0.3) is 0 Å². The van der Waals surface area contributed by atoms with Crippen LogP contribution in [0.4, 0.5) is 0 Å². The predicted molar refractivity (Wildman–Crippen MR) is 128 cm³/mol. The average Bonchev–Trinajstić information content (AvgIpc) is 3.29. The molecular formula is C26H35N3O6. The molecule has 2 bridgehead atoms. The van der Waals surface area contributed by atoms with E-state index in [0.717, 1.165) is 5.56 Å².